The molecular weight excluding hydrogens is 238 g/mol. The van der Waals surface area contributed by atoms with Gasteiger partial charge in [0.25, 0.3) is 0 Å². The molecule has 1 rings (SSSR count). The molecule has 18 heavy (non-hydrogen) atoms. The number of ether oxygens (including phenoxy) is 1. The average Bonchev–Trinajstić information content (AvgIpc) is 2.13. The van der Waals surface area contributed by atoms with Gasteiger partial charge < -0.3 is 15.2 Å². The number of rotatable bonds is 2. The van der Waals surface area contributed by atoms with E-state index < -0.39 is 11.7 Å². The molecule has 7 heteroatoms. The first-order valence-corrected chi connectivity index (χ1v) is 5.32. The predicted molar refractivity (Wildman–Crippen MR) is 66.5 cm³/mol. The summed E-state index contributed by atoms with van der Waals surface area (Å²) in [5.41, 5.74) is -0.103. The minimum absolute atomic E-state index is 0.0183. The molecular formula is C11H16N3O4-. The summed E-state index contributed by atoms with van der Waals surface area (Å²) in [7, 11) is 0. The molecule has 0 aliphatic rings. The van der Waals surface area contributed by atoms with Gasteiger partial charge in [-0.3, -0.25) is 10.5 Å². The van der Waals surface area contributed by atoms with Crippen LogP contribution >= 0.6 is 0 Å². The predicted octanol–water partition coefficient (Wildman–Crippen LogP) is 2.43. The monoisotopic (exact) mass is 254 g/mol. The molecule has 7 nitrogen and oxygen atoms in total. The molecule has 0 aromatic carbocycles. The largest absolute Gasteiger partial charge is 0.733 e. The number of carbonyl (C=O) groups excluding carboxylic acids is 1. The number of carbonyl (C=O) groups is 1. The standard InChI is InChI=1S/C11H16N3O4/c1-7-5-9(12-6-8(7)14(16)17)13-10(15)18-11(2,3)4/h5-6,16H,1-4H3,(H,12,13,15)/q-1. The first-order chi connectivity index (χ1) is 8.19. The molecule has 0 aliphatic carbocycles. The maximum absolute atomic E-state index is 11.5. The second-order valence-electron chi connectivity index (χ2n) is 4.76. The molecule has 0 radical (unpaired) electrons. The fourth-order valence-electron chi connectivity index (χ4n) is 1.23. The number of pyridine rings is 1. The summed E-state index contributed by atoms with van der Waals surface area (Å²) < 4.78 is 5.05. The molecule has 0 unspecified atom stereocenters. The van der Waals surface area contributed by atoms with Crippen LogP contribution in [0.1, 0.15) is 26.3 Å². The molecule has 100 valence electrons. The third-order valence-electron chi connectivity index (χ3n) is 1.92. The highest BCUT2D eigenvalue weighted by atomic mass is 16.8. The Morgan fingerprint density at radius 3 is 2.61 bits per heavy atom. The normalized spacial score (nSPS) is 11.0. The van der Waals surface area contributed by atoms with E-state index in [1.165, 1.54) is 6.07 Å². The first-order valence-electron chi connectivity index (χ1n) is 5.32. The Balaban J connectivity index is 2.75. The lowest BCUT2D eigenvalue weighted by atomic mass is 10.2. The number of nitrogens with zero attached hydrogens (tertiary/aromatic N) is 2. The van der Waals surface area contributed by atoms with Crippen molar-refractivity contribution in [1.82, 2.24) is 4.98 Å². The van der Waals surface area contributed by atoms with Gasteiger partial charge >= 0.3 is 6.09 Å². The summed E-state index contributed by atoms with van der Waals surface area (Å²) in [6.45, 7) is 6.85. The van der Waals surface area contributed by atoms with Gasteiger partial charge in [-0.1, -0.05) is 0 Å². The van der Waals surface area contributed by atoms with Crippen LogP contribution in [0.25, 0.3) is 0 Å². The average molecular weight is 254 g/mol. The second-order valence-corrected chi connectivity index (χ2v) is 4.76. The van der Waals surface area contributed by atoms with Gasteiger partial charge in [0.15, 0.2) is 0 Å². The van der Waals surface area contributed by atoms with E-state index >= 15 is 0 Å². The van der Waals surface area contributed by atoms with Gasteiger partial charge in [-0.25, -0.2) is 9.78 Å². The Hall–Kier alpha value is -1.86. The van der Waals surface area contributed by atoms with Crippen molar-refractivity contribution in [1.29, 1.82) is 0 Å². The van der Waals surface area contributed by atoms with E-state index in [0.29, 0.717) is 5.56 Å². The summed E-state index contributed by atoms with van der Waals surface area (Å²) in [4.78, 5) is 15.3. The van der Waals surface area contributed by atoms with Crippen LogP contribution in [0.2, 0.25) is 0 Å². The molecule has 0 spiro atoms. The zero-order valence-corrected chi connectivity index (χ0v) is 10.7. The smallest absolute Gasteiger partial charge is 0.413 e. The number of hydrogen-bond acceptors (Lipinski definition) is 6. The van der Waals surface area contributed by atoms with E-state index in [9.17, 15) is 10.0 Å². The lowest BCUT2D eigenvalue weighted by Crippen LogP contribution is -2.27. The first kappa shape index (κ1) is 14.2. The van der Waals surface area contributed by atoms with Crippen molar-refractivity contribution >= 4 is 17.6 Å². The van der Waals surface area contributed by atoms with Crippen LogP contribution in [0.5, 0.6) is 0 Å². The third kappa shape index (κ3) is 4.19. The molecule has 0 fully saturated rings. The van der Waals surface area contributed by atoms with Gasteiger partial charge in [-0.15, -0.1) is 0 Å². The van der Waals surface area contributed by atoms with Crippen LogP contribution in [-0.2, 0) is 4.74 Å². The van der Waals surface area contributed by atoms with Gasteiger partial charge in [0.2, 0.25) is 0 Å². The van der Waals surface area contributed by atoms with Crippen LogP contribution in [0.3, 0.4) is 0 Å². The molecule has 1 heterocycles. The lowest BCUT2D eigenvalue weighted by molar-refractivity contribution is 0.0635. The van der Waals surface area contributed by atoms with E-state index in [-0.39, 0.29) is 16.7 Å². The van der Waals surface area contributed by atoms with Crippen molar-refractivity contribution in [2.45, 2.75) is 33.3 Å². The molecule has 0 saturated carbocycles. The number of aryl methyl sites for hydroxylation is 1. The fourth-order valence-corrected chi connectivity index (χ4v) is 1.23. The minimum atomic E-state index is -0.634. The Bertz CT molecular complexity index is 440. The van der Waals surface area contributed by atoms with Crippen LogP contribution in [-0.4, -0.2) is 21.9 Å². The summed E-state index contributed by atoms with van der Waals surface area (Å²) in [6, 6.07) is 1.46. The Morgan fingerprint density at radius 1 is 1.56 bits per heavy atom. The Labute approximate surface area is 105 Å². The molecule has 0 atom stereocenters. The Morgan fingerprint density at radius 2 is 2.17 bits per heavy atom. The SMILES string of the molecule is Cc1cc(NC(=O)OC(C)(C)C)ncc1N([O-])O. The minimum Gasteiger partial charge on any atom is -0.733 e. The molecule has 1 aromatic rings. The quantitative estimate of drug-likeness (QED) is 0.786. The van der Waals surface area contributed by atoms with E-state index in [0.717, 1.165) is 6.20 Å². The van der Waals surface area contributed by atoms with Gasteiger partial charge in [0, 0.05) is 0 Å². The van der Waals surface area contributed by atoms with Crippen molar-refractivity contribution in [3.63, 3.8) is 0 Å². The zero-order chi connectivity index (χ0) is 13.9. The second kappa shape index (κ2) is 5.19. The number of aromatic nitrogens is 1. The molecule has 2 N–H and O–H groups in total. The molecule has 0 aliphatic heterocycles. The van der Waals surface area contributed by atoms with Gasteiger partial charge in [-0.05, 0) is 39.3 Å². The van der Waals surface area contributed by atoms with Crippen LogP contribution < -0.4 is 10.5 Å². The van der Waals surface area contributed by atoms with E-state index in [4.69, 9.17) is 9.94 Å². The third-order valence-corrected chi connectivity index (χ3v) is 1.92. The molecule has 0 bridgehead atoms. The fraction of sp³-hybridized carbons (Fsp3) is 0.455. The number of anilines is 2. The van der Waals surface area contributed by atoms with Crippen molar-refractivity contribution < 1.29 is 14.7 Å². The molecule has 1 aromatic heterocycles. The maximum atomic E-state index is 11.5. The summed E-state index contributed by atoms with van der Waals surface area (Å²) in [5.74, 6) is 0.243. The van der Waals surface area contributed by atoms with Gasteiger partial charge in [-0.2, -0.15) is 0 Å². The van der Waals surface area contributed by atoms with Crippen LogP contribution in [0.15, 0.2) is 12.3 Å². The maximum Gasteiger partial charge on any atom is 0.413 e. The Kier molecular flexibility index (Phi) is 4.10. The zero-order valence-electron chi connectivity index (χ0n) is 10.7. The van der Waals surface area contributed by atoms with E-state index in [1.54, 1.807) is 27.7 Å². The summed E-state index contributed by atoms with van der Waals surface area (Å²) in [5, 5.41) is 21.6. The van der Waals surface area contributed by atoms with E-state index in [2.05, 4.69) is 10.3 Å². The summed E-state index contributed by atoms with van der Waals surface area (Å²) in [6.07, 6.45) is 0.528. The van der Waals surface area contributed by atoms with E-state index in [1.807, 2.05) is 0 Å². The van der Waals surface area contributed by atoms with Gasteiger partial charge in [0.05, 0.1) is 11.9 Å². The highest BCUT2D eigenvalue weighted by Crippen LogP contribution is 2.19. The summed E-state index contributed by atoms with van der Waals surface area (Å²) >= 11 is 0. The van der Waals surface area contributed by atoms with Crippen molar-refractivity contribution in [2.24, 2.45) is 0 Å². The highest BCUT2D eigenvalue weighted by molar-refractivity contribution is 5.84. The highest BCUT2D eigenvalue weighted by Gasteiger charge is 2.16. The van der Waals surface area contributed by atoms with Crippen LogP contribution in [0, 0.1) is 12.1 Å². The number of hydrogen-bond donors (Lipinski definition) is 2. The molecule has 1 amide bonds. The van der Waals surface area contributed by atoms with Gasteiger partial charge in [0.1, 0.15) is 11.4 Å². The topological polar surface area (TPSA) is 97.8 Å². The number of nitrogens with one attached hydrogen (secondary N) is 1. The molecule has 0 saturated heterocycles. The van der Waals surface area contributed by atoms with Crippen LogP contribution in [0.4, 0.5) is 16.3 Å². The lowest BCUT2D eigenvalue weighted by Gasteiger charge is -2.23. The van der Waals surface area contributed by atoms with Crippen molar-refractivity contribution in [3.8, 4) is 0 Å². The number of amides is 1. The van der Waals surface area contributed by atoms with Crippen molar-refractivity contribution in [3.05, 3.63) is 23.0 Å². The van der Waals surface area contributed by atoms with Crippen molar-refractivity contribution in [2.75, 3.05) is 10.5 Å².